The number of hydrogen-bond donors (Lipinski definition) is 0. The molecule has 1 atom stereocenters. The van der Waals surface area contributed by atoms with E-state index in [0.29, 0.717) is 0 Å². The van der Waals surface area contributed by atoms with Gasteiger partial charge in [0.2, 0.25) is 6.29 Å². The Hall–Kier alpha value is -1.31. The highest BCUT2D eigenvalue weighted by molar-refractivity contribution is 5.54. The molecule has 0 N–H and O–H groups in total. The summed E-state index contributed by atoms with van der Waals surface area (Å²) in [5.41, 5.74) is 1.14. The Balaban J connectivity index is 2.63. The third-order valence-corrected chi connectivity index (χ3v) is 1.90. The zero-order chi connectivity index (χ0) is 9.68. The highest BCUT2D eigenvalue weighted by Crippen LogP contribution is 2.13. The lowest BCUT2D eigenvalue weighted by Crippen LogP contribution is -2.00. The van der Waals surface area contributed by atoms with E-state index in [4.69, 9.17) is 4.74 Å². The summed E-state index contributed by atoms with van der Waals surface area (Å²) in [6, 6.07) is 7.72. The fourth-order valence-electron chi connectivity index (χ4n) is 1.16. The molecule has 1 rings (SSSR count). The Morgan fingerprint density at radius 2 is 2.00 bits per heavy atom. The Labute approximate surface area is 78.5 Å². The van der Waals surface area contributed by atoms with E-state index in [2.05, 4.69) is 0 Å². The van der Waals surface area contributed by atoms with Gasteiger partial charge in [-0.05, 0) is 24.1 Å². The van der Waals surface area contributed by atoms with Gasteiger partial charge in [0.15, 0.2) is 0 Å². The summed E-state index contributed by atoms with van der Waals surface area (Å²) in [5.74, 6) is 0.805. The van der Waals surface area contributed by atoms with Crippen molar-refractivity contribution in [2.45, 2.75) is 13.3 Å². The van der Waals surface area contributed by atoms with Crippen molar-refractivity contribution in [2.75, 3.05) is 7.11 Å². The molecular formula is C11H13O2. The summed E-state index contributed by atoms with van der Waals surface area (Å²) < 4.78 is 5.02. The first-order valence-electron chi connectivity index (χ1n) is 4.27. The number of rotatable bonds is 4. The van der Waals surface area contributed by atoms with Crippen molar-refractivity contribution >= 4 is 6.29 Å². The summed E-state index contributed by atoms with van der Waals surface area (Å²) in [6.45, 7) is 1.86. The Bertz CT molecular complexity index is 264. The molecule has 0 aliphatic heterocycles. The van der Waals surface area contributed by atoms with Crippen LogP contribution in [0.15, 0.2) is 24.3 Å². The predicted octanol–water partition coefficient (Wildman–Crippen LogP) is 1.98. The molecule has 0 aliphatic rings. The molecule has 1 unspecified atom stereocenters. The Morgan fingerprint density at radius 3 is 2.46 bits per heavy atom. The van der Waals surface area contributed by atoms with Gasteiger partial charge in [-0.15, -0.1) is 0 Å². The molecule has 0 saturated heterocycles. The maximum atomic E-state index is 10.3. The molecule has 0 aliphatic carbocycles. The number of benzene rings is 1. The van der Waals surface area contributed by atoms with Crippen LogP contribution in [0.25, 0.3) is 0 Å². The molecule has 0 heterocycles. The van der Waals surface area contributed by atoms with E-state index in [1.807, 2.05) is 37.5 Å². The van der Waals surface area contributed by atoms with Crippen LogP contribution in [0.1, 0.15) is 12.5 Å². The van der Waals surface area contributed by atoms with E-state index in [0.717, 1.165) is 17.7 Å². The minimum Gasteiger partial charge on any atom is -0.497 e. The van der Waals surface area contributed by atoms with Crippen molar-refractivity contribution in [1.29, 1.82) is 0 Å². The number of hydrogen-bond acceptors (Lipinski definition) is 2. The molecule has 0 saturated carbocycles. The van der Waals surface area contributed by atoms with Crippen LogP contribution < -0.4 is 4.74 Å². The zero-order valence-electron chi connectivity index (χ0n) is 7.91. The predicted molar refractivity (Wildman–Crippen MR) is 51.6 cm³/mol. The van der Waals surface area contributed by atoms with Crippen LogP contribution in [0.4, 0.5) is 0 Å². The molecule has 0 fully saturated rings. The van der Waals surface area contributed by atoms with Gasteiger partial charge in [-0.1, -0.05) is 19.1 Å². The van der Waals surface area contributed by atoms with Gasteiger partial charge in [-0.3, -0.25) is 4.79 Å². The van der Waals surface area contributed by atoms with E-state index >= 15 is 0 Å². The Kier molecular flexibility index (Phi) is 3.50. The van der Waals surface area contributed by atoms with Crippen LogP contribution in [-0.4, -0.2) is 13.4 Å². The molecule has 0 amide bonds. The van der Waals surface area contributed by atoms with E-state index in [9.17, 15) is 4.79 Å². The maximum absolute atomic E-state index is 10.3. The van der Waals surface area contributed by atoms with Gasteiger partial charge < -0.3 is 4.74 Å². The molecule has 2 heteroatoms. The second kappa shape index (κ2) is 4.65. The standard InChI is InChI=1S/C11H13O2/c1-9(8-12)7-10-3-5-11(13-2)6-4-10/h3-6,9H,7H2,1-2H3. The van der Waals surface area contributed by atoms with Gasteiger partial charge >= 0.3 is 0 Å². The van der Waals surface area contributed by atoms with Crippen molar-refractivity contribution in [1.82, 2.24) is 0 Å². The van der Waals surface area contributed by atoms with Crippen LogP contribution in [0.2, 0.25) is 0 Å². The fraction of sp³-hybridized carbons (Fsp3) is 0.364. The van der Waals surface area contributed by atoms with Gasteiger partial charge in [0, 0.05) is 5.92 Å². The van der Waals surface area contributed by atoms with Crippen molar-refractivity contribution in [2.24, 2.45) is 5.92 Å². The summed E-state index contributed by atoms with van der Waals surface area (Å²) in [6.07, 6.45) is 2.70. The SMILES string of the molecule is COc1ccc(CC(C)[C]=O)cc1. The molecule has 0 bridgehead atoms. The second-order valence-electron chi connectivity index (χ2n) is 3.07. The molecule has 2 nitrogen and oxygen atoms in total. The Morgan fingerprint density at radius 1 is 1.38 bits per heavy atom. The van der Waals surface area contributed by atoms with E-state index in [-0.39, 0.29) is 5.92 Å². The maximum Gasteiger partial charge on any atom is 0.201 e. The lowest BCUT2D eigenvalue weighted by atomic mass is 10.0. The monoisotopic (exact) mass is 177 g/mol. The molecular weight excluding hydrogens is 164 g/mol. The van der Waals surface area contributed by atoms with Crippen LogP contribution in [0.3, 0.4) is 0 Å². The van der Waals surface area contributed by atoms with Crippen LogP contribution in [-0.2, 0) is 11.2 Å². The number of methoxy groups -OCH3 is 1. The van der Waals surface area contributed by atoms with Crippen LogP contribution in [0, 0.1) is 5.92 Å². The number of carbonyl (C=O) groups excluding carboxylic acids is 1. The van der Waals surface area contributed by atoms with Crippen molar-refractivity contribution in [3.8, 4) is 5.75 Å². The van der Waals surface area contributed by atoms with Crippen molar-refractivity contribution < 1.29 is 9.53 Å². The first kappa shape index (κ1) is 9.78. The molecule has 1 aromatic carbocycles. The summed E-state index contributed by atoms with van der Waals surface area (Å²) in [5, 5.41) is 0. The van der Waals surface area contributed by atoms with Gasteiger partial charge in [-0.2, -0.15) is 0 Å². The normalized spacial score (nSPS) is 12.2. The first-order chi connectivity index (χ1) is 6.26. The highest BCUT2D eigenvalue weighted by Gasteiger charge is 2.02. The smallest absolute Gasteiger partial charge is 0.201 e. The number of ether oxygens (including phenoxy) is 1. The van der Waals surface area contributed by atoms with Gasteiger partial charge in [0.25, 0.3) is 0 Å². The molecule has 13 heavy (non-hydrogen) atoms. The largest absolute Gasteiger partial charge is 0.497 e. The molecule has 1 radical (unpaired) electrons. The average molecular weight is 177 g/mol. The van der Waals surface area contributed by atoms with Crippen LogP contribution >= 0.6 is 0 Å². The average Bonchev–Trinajstić information content (AvgIpc) is 2.19. The van der Waals surface area contributed by atoms with E-state index in [1.54, 1.807) is 7.11 Å². The molecule has 0 spiro atoms. The van der Waals surface area contributed by atoms with Crippen molar-refractivity contribution in [3.05, 3.63) is 29.8 Å². The highest BCUT2D eigenvalue weighted by atomic mass is 16.5. The summed E-state index contributed by atoms with van der Waals surface area (Å²) in [7, 11) is 1.64. The van der Waals surface area contributed by atoms with Gasteiger partial charge in [0.05, 0.1) is 7.11 Å². The van der Waals surface area contributed by atoms with Gasteiger partial charge in [0.1, 0.15) is 5.75 Å². The lowest BCUT2D eigenvalue weighted by Gasteiger charge is -2.04. The van der Waals surface area contributed by atoms with Crippen LogP contribution in [0.5, 0.6) is 5.75 Å². The molecule has 1 aromatic rings. The fourth-order valence-corrected chi connectivity index (χ4v) is 1.16. The molecule has 0 aromatic heterocycles. The van der Waals surface area contributed by atoms with E-state index in [1.165, 1.54) is 0 Å². The van der Waals surface area contributed by atoms with Gasteiger partial charge in [-0.25, -0.2) is 0 Å². The quantitative estimate of drug-likeness (QED) is 0.703. The third-order valence-electron chi connectivity index (χ3n) is 1.90. The second-order valence-corrected chi connectivity index (χ2v) is 3.07. The third kappa shape index (κ3) is 2.90. The lowest BCUT2D eigenvalue weighted by molar-refractivity contribution is 0.414. The zero-order valence-corrected chi connectivity index (χ0v) is 7.91. The molecule has 69 valence electrons. The van der Waals surface area contributed by atoms with Crippen molar-refractivity contribution in [3.63, 3.8) is 0 Å². The van der Waals surface area contributed by atoms with E-state index < -0.39 is 0 Å². The minimum atomic E-state index is -0.0339. The first-order valence-corrected chi connectivity index (χ1v) is 4.27. The summed E-state index contributed by atoms with van der Waals surface area (Å²) >= 11 is 0. The topological polar surface area (TPSA) is 26.3 Å². The summed E-state index contributed by atoms with van der Waals surface area (Å²) in [4.78, 5) is 10.3. The minimum absolute atomic E-state index is 0.0339.